The van der Waals surface area contributed by atoms with Crippen LogP contribution in [-0.4, -0.2) is 45.8 Å². The number of hydrogen-bond acceptors (Lipinski definition) is 4. The molecule has 1 fully saturated rings. The number of likely N-dealkylation sites (tertiary alicyclic amines) is 1. The molecule has 0 aliphatic carbocycles. The molecular weight excluding hydrogens is 256 g/mol. The molecule has 20 heavy (non-hydrogen) atoms. The molecule has 2 rings (SSSR count). The number of carbonyl (C=O) groups is 1. The fourth-order valence-electron chi connectivity index (χ4n) is 2.26. The summed E-state index contributed by atoms with van der Waals surface area (Å²) in [5, 5.41) is 0. The number of aryl methyl sites for hydroxylation is 1. The Balaban J connectivity index is 1.87. The van der Waals surface area contributed by atoms with Gasteiger partial charge >= 0.3 is 6.09 Å². The van der Waals surface area contributed by atoms with Crippen molar-refractivity contribution in [3.8, 4) is 0 Å². The summed E-state index contributed by atoms with van der Waals surface area (Å²) >= 11 is 0. The van der Waals surface area contributed by atoms with E-state index in [0.29, 0.717) is 25.6 Å². The van der Waals surface area contributed by atoms with Gasteiger partial charge in [0, 0.05) is 37.4 Å². The summed E-state index contributed by atoms with van der Waals surface area (Å²) in [6.45, 7) is 8.59. The summed E-state index contributed by atoms with van der Waals surface area (Å²) in [5.74, 6) is 0.350. The van der Waals surface area contributed by atoms with E-state index in [1.807, 2.05) is 33.3 Å². The van der Waals surface area contributed by atoms with Gasteiger partial charge in [-0.15, -0.1) is 0 Å². The summed E-state index contributed by atoms with van der Waals surface area (Å²) < 4.78 is 7.48. The topological polar surface area (TPSA) is 73.4 Å². The van der Waals surface area contributed by atoms with Crippen LogP contribution < -0.4 is 5.73 Å². The Morgan fingerprint density at radius 2 is 2.20 bits per heavy atom. The van der Waals surface area contributed by atoms with Crippen LogP contribution in [0.5, 0.6) is 0 Å². The van der Waals surface area contributed by atoms with Gasteiger partial charge in [-0.1, -0.05) is 0 Å². The first-order valence-corrected chi connectivity index (χ1v) is 7.08. The smallest absolute Gasteiger partial charge is 0.410 e. The highest BCUT2D eigenvalue weighted by Gasteiger charge is 2.35. The summed E-state index contributed by atoms with van der Waals surface area (Å²) in [7, 11) is 0. The Bertz CT molecular complexity index is 458. The molecule has 0 radical (unpaired) electrons. The van der Waals surface area contributed by atoms with Gasteiger partial charge in [-0.05, 0) is 33.7 Å². The highest BCUT2D eigenvalue weighted by Crippen LogP contribution is 2.28. The average molecular weight is 280 g/mol. The molecule has 1 aliphatic heterocycles. The van der Waals surface area contributed by atoms with Gasteiger partial charge in [0.1, 0.15) is 5.60 Å². The lowest BCUT2D eigenvalue weighted by atomic mass is 9.97. The van der Waals surface area contributed by atoms with Gasteiger partial charge in [0.2, 0.25) is 0 Å². The van der Waals surface area contributed by atoms with Crippen molar-refractivity contribution < 1.29 is 9.53 Å². The van der Waals surface area contributed by atoms with Gasteiger partial charge in [0.25, 0.3) is 0 Å². The molecule has 0 saturated carbocycles. The second-order valence-corrected chi connectivity index (χ2v) is 6.24. The molecule has 1 aromatic rings. The Hall–Kier alpha value is -1.56. The maximum atomic E-state index is 11.9. The molecule has 0 spiro atoms. The van der Waals surface area contributed by atoms with Gasteiger partial charge in [0.05, 0.1) is 6.33 Å². The van der Waals surface area contributed by atoms with E-state index >= 15 is 0 Å². The van der Waals surface area contributed by atoms with Crippen LogP contribution in [0.3, 0.4) is 0 Å². The number of ether oxygens (including phenoxy) is 1. The van der Waals surface area contributed by atoms with Crippen molar-refractivity contribution in [2.75, 3.05) is 19.6 Å². The first-order chi connectivity index (χ1) is 9.40. The zero-order valence-corrected chi connectivity index (χ0v) is 12.5. The highest BCUT2D eigenvalue weighted by molar-refractivity contribution is 5.69. The fourth-order valence-corrected chi connectivity index (χ4v) is 2.26. The molecule has 1 saturated heterocycles. The van der Waals surface area contributed by atoms with Crippen LogP contribution in [0.25, 0.3) is 0 Å². The van der Waals surface area contributed by atoms with Crippen LogP contribution in [0.1, 0.15) is 38.8 Å². The molecule has 1 aromatic heterocycles. The van der Waals surface area contributed by atoms with Gasteiger partial charge in [-0.25, -0.2) is 9.78 Å². The number of carbonyl (C=O) groups excluding carboxylic acids is 1. The molecular formula is C14H24N4O2. The quantitative estimate of drug-likeness (QED) is 0.908. The maximum absolute atomic E-state index is 11.9. The maximum Gasteiger partial charge on any atom is 0.410 e. The number of rotatable bonds is 4. The van der Waals surface area contributed by atoms with E-state index in [0.717, 1.165) is 13.0 Å². The molecule has 1 amide bonds. The zero-order chi connectivity index (χ0) is 14.8. The van der Waals surface area contributed by atoms with Crippen LogP contribution in [0.4, 0.5) is 4.79 Å². The van der Waals surface area contributed by atoms with Crippen molar-refractivity contribution in [3.05, 3.63) is 18.2 Å². The Kier molecular flexibility index (Phi) is 4.32. The van der Waals surface area contributed by atoms with Gasteiger partial charge in [-0.2, -0.15) is 0 Å². The Labute approximate surface area is 119 Å². The molecule has 2 N–H and O–H groups in total. The van der Waals surface area contributed by atoms with Crippen molar-refractivity contribution >= 4 is 6.09 Å². The fraction of sp³-hybridized carbons (Fsp3) is 0.714. The van der Waals surface area contributed by atoms with Gasteiger partial charge < -0.3 is 19.9 Å². The van der Waals surface area contributed by atoms with Crippen molar-refractivity contribution in [3.63, 3.8) is 0 Å². The number of imidazole rings is 1. The lowest BCUT2D eigenvalue weighted by molar-refractivity contribution is 0.00758. The minimum Gasteiger partial charge on any atom is -0.444 e. The lowest BCUT2D eigenvalue weighted by Gasteiger charge is -2.39. The summed E-state index contributed by atoms with van der Waals surface area (Å²) in [6.07, 6.45) is 4.42. The summed E-state index contributed by atoms with van der Waals surface area (Å²) in [6, 6.07) is 0. The average Bonchev–Trinajstić information content (AvgIpc) is 2.70. The third-order valence-corrected chi connectivity index (χ3v) is 3.30. The van der Waals surface area contributed by atoms with E-state index in [2.05, 4.69) is 9.55 Å². The normalized spacial score (nSPS) is 16.1. The van der Waals surface area contributed by atoms with E-state index in [-0.39, 0.29) is 6.09 Å². The Morgan fingerprint density at radius 1 is 1.50 bits per heavy atom. The van der Waals surface area contributed by atoms with Gasteiger partial charge in [-0.3, -0.25) is 0 Å². The molecule has 112 valence electrons. The molecule has 2 heterocycles. The second kappa shape index (κ2) is 5.83. The second-order valence-electron chi connectivity index (χ2n) is 6.24. The standard InChI is InChI=1S/C14H24N4O2/c1-14(2,3)20-13(19)18-8-11(9-18)12-7-16-10-17(12)6-4-5-15/h7,10-11H,4-6,8-9,15H2,1-3H3. The minimum absolute atomic E-state index is 0.234. The van der Waals surface area contributed by atoms with E-state index in [9.17, 15) is 4.79 Å². The van der Waals surface area contributed by atoms with E-state index < -0.39 is 5.60 Å². The monoisotopic (exact) mass is 280 g/mol. The van der Waals surface area contributed by atoms with Crippen molar-refractivity contribution in [2.24, 2.45) is 5.73 Å². The van der Waals surface area contributed by atoms with Crippen molar-refractivity contribution in [2.45, 2.75) is 45.3 Å². The number of aromatic nitrogens is 2. The largest absolute Gasteiger partial charge is 0.444 e. The van der Waals surface area contributed by atoms with E-state index in [4.69, 9.17) is 10.5 Å². The van der Waals surface area contributed by atoms with Crippen LogP contribution in [0.15, 0.2) is 12.5 Å². The van der Waals surface area contributed by atoms with Crippen LogP contribution in [-0.2, 0) is 11.3 Å². The minimum atomic E-state index is -0.439. The number of amides is 1. The molecule has 0 atom stereocenters. The molecule has 6 heteroatoms. The predicted molar refractivity (Wildman–Crippen MR) is 76.4 cm³/mol. The molecule has 0 unspecified atom stereocenters. The number of nitrogens with zero attached hydrogens (tertiary/aromatic N) is 3. The third kappa shape index (κ3) is 3.50. The van der Waals surface area contributed by atoms with Crippen LogP contribution in [0, 0.1) is 0 Å². The highest BCUT2D eigenvalue weighted by atomic mass is 16.6. The third-order valence-electron chi connectivity index (χ3n) is 3.30. The van der Waals surface area contributed by atoms with Gasteiger partial charge in [0.15, 0.2) is 0 Å². The SMILES string of the molecule is CC(C)(C)OC(=O)N1CC(c2cncn2CCCN)C1. The van der Waals surface area contributed by atoms with Crippen LogP contribution >= 0.6 is 0 Å². The van der Waals surface area contributed by atoms with Crippen molar-refractivity contribution in [1.82, 2.24) is 14.5 Å². The van der Waals surface area contributed by atoms with E-state index in [1.54, 1.807) is 4.90 Å². The molecule has 1 aliphatic rings. The molecule has 0 aromatic carbocycles. The Morgan fingerprint density at radius 3 is 2.80 bits per heavy atom. The number of nitrogens with two attached hydrogens (primary N) is 1. The lowest BCUT2D eigenvalue weighted by Crippen LogP contribution is -2.50. The summed E-state index contributed by atoms with van der Waals surface area (Å²) in [4.78, 5) is 17.8. The first-order valence-electron chi connectivity index (χ1n) is 7.08. The molecule has 6 nitrogen and oxygen atoms in total. The van der Waals surface area contributed by atoms with Crippen molar-refractivity contribution in [1.29, 1.82) is 0 Å². The van der Waals surface area contributed by atoms with E-state index in [1.165, 1.54) is 5.69 Å². The first kappa shape index (κ1) is 14.8. The number of hydrogen-bond donors (Lipinski definition) is 1. The molecule has 0 bridgehead atoms. The summed E-state index contributed by atoms with van der Waals surface area (Å²) in [5.41, 5.74) is 6.27. The zero-order valence-electron chi connectivity index (χ0n) is 12.5. The van der Waals surface area contributed by atoms with Crippen LogP contribution in [0.2, 0.25) is 0 Å². The predicted octanol–water partition coefficient (Wildman–Crippen LogP) is 1.57.